The lowest BCUT2D eigenvalue weighted by molar-refractivity contribution is 0.332. The minimum Gasteiger partial charge on any atom is -0.355 e. The number of fused-ring (bicyclic) bond motifs is 1. The number of nitrogens with one attached hydrogen (secondary N) is 1. The Balaban J connectivity index is 1.31. The quantitative estimate of drug-likeness (QED) is 0.788. The average Bonchev–Trinajstić information content (AvgIpc) is 3.29. The molecule has 0 bridgehead atoms. The molecule has 3 aromatic heterocycles. The van der Waals surface area contributed by atoms with Crippen molar-refractivity contribution in [1.82, 2.24) is 24.7 Å². The highest BCUT2D eigenvalue weighted by atomic mass is 16.1. The topological polar surface area (TPSA) is 79.7 Å². The van der Waals surface area contributed by atoms with Crippen LogP contribution in [-0.2, 0) is 6.54 Å². The first-order valence-electron chi connectivity index (χ1n) is 8.39. The second kappa shape index (κ2) is 5.15. The van der Waals surface area contributed by atoms with Crippen molar-refractivity contribution in [2.24, 2.45) is 5.92 Å². The van der Waals surface area contributed by atoms with E-state index in [2.05, 4.69) is 25.0 Å². The Hall–Kier alpha value is -2.70. The van der Waals surface area contributed by atoms with Gasteiger partial charge in [0, 0.05) is 37.2 Å². The summed E-state index contributed by atoms with van der Waals surface area (Å²) in [4.78, 5) is 26.0. The predicted molar refractivity (Wildman–Crippen MR) is 90.1 cm³/mol. The molecule has 0 spiro atoms. The fourth-order valence-electron chi connectivity index (χ4n) is 3.41. The number of rotatable bonds is 4. The van der Waals surface area contributed by atoms with Crippen LogP contribution in [0.1, 0.15) is 24.5 Å². The van der Waals surface area contributed by atoms with E-state index in [0.717, 1.165) is 35.6 Å². The van der Waals surface area contributed by atoms with Crippen LogP contribution in [0.4, 0.5) is 5.82 Å². The largest absolute Gasteiger partial charge is 0.355 e. The molecule has 1 saturated carbocycles. The summed E-state index contributed by atoms with van der Waals surface area (Å²) in [6.45, 7) is 2.45. The highest BCUT2D eigenvalue weighted by Gasteiger charge is 2.31. The second-order valence-corrected chi connectivity index (χ2v) is 6.76. The summed E-state index contributed by atoms with van der Waals surface area (Å²) in [7, 11) is 0. The van der Waals surface area contributed by atoms with E-state index in [9.17, 15) is 4.79 Å². The maximum Gasteiger partial charge on any atom is 0.266 e. The summed E-state index contributed by atoms with van der Waals surface area (Å²) in [5.74, 6) is 1.95. The first-order valence-corrected chi connectivity index (χ1v) is 8.39. The van der Waals surface area contributed by atoms with E-state index >= 15 is 0 Å². The molecule has 1 aliphatic heterocycles. The maximum atomic E-state index is 12.0. The summed E-state index contributed by atoms with van der Waals surface area (Å²) in [5, 5.41) is 5.59. The molecule has 0 atom stereocenters. The zero-order valence-corrected chi connectivity index (χ0v) is 13.2. The molecule has 3 aromatic rings. The van der Waals surface area contributed by atoms with Crippen molar-refractivity contribution in [3.63, 3.8) is 0 Å². The highest BCUT2D eigenvalue weighted by molar-refractivity contribution is 5.87. The van der Waals surface area contributed by atoms with Gasteiger partial charge < -0.3 is 9.88 Å². The van der Waals surface area contributed by atoms with E-state index < -0.39 is 0 Å². The van der Waals surface area contributed by atoms with Crippen LogP contribution in [0.3, 0.4) is 0 Å². The van der Waals surface area contributed by atoms with Gasteiger partial charge >= 0.3 is 0 Å². The van der Waals surface area contributed by atoms with Crippen LogP contribution in [-0.4, -0.2) is 37.8 Å². The molecule has 122 valence electrons. The summed E-state index contributed by atoms with van der Waals surface area (Å²) in [6.07, 6.45) is 5.87. The highest BCUT2D eigenvalue weighted by Crippen LogP contribution is 2.38. The van der Waals surface area contributed by atoms with Gasteiger partial charge in [-0.2, -0.15) is 5.10 Å². The van der Waals surface area contributed by atoms with E-state index in [0.29, 0.717) is 18.4 Å². The van der Waals surface area contributed by atoms with E-state index in [-0.39, 0.29) is 5.56 Å². The Bertz CT molecular complexity index is 951. The molecule has 0 aromatic carbocycles. The van der Waals surface area contributed by atoms with E-state index in [4.69, 9.17) is 0 Å². The van der Waals surface area contributed by atoms with Crippen LogP contribution in [0.15, 0.2) is 35.5 Å². The van der Waals surface area contributed by atoms with Gasteiger partial charge in [0.1, 0.15) is 17.8 Å². The smallest absolute Gasteiger partial charge is 0.266 e. The van der Waals surface area contributed by atoms with Gasteiger partial charge in [0.2, 0.25) is 0 Å². The lowest BCUT2D eigenvalue weighted by Crippen LogP contribution is -2.50. The van der Waals surface area contributed by atoms with E-state index in [1.54, 1.807) is 17.1 Å². The molecule has 0 unspecified atom stereocenters. The number of aromatic nitrogens is 5. The Kier molecular flexibility index (Phi) is 2.95. The summed E-state index contributed by atoms with van der Waals surface area (Å²) < 4.78 is 1.64. The van der Waals surface area contributed by atoms with Crippen LogP contribution in [0.2, 0.25) is 0 Å². The first kappa shape index (κ1) is 13.7. The molecule has 1 N–H and O–H groups in total. The van der Waals surface area contributed by atoms with Crippen molar-refractivity contribution in [2.45, 2.75) is 25.3 Å². The molecule has 5 rings (SSSR count). The third-order valence-corrected chi connectivity index (χ3v) is 4.90. The molecule has 1 aliphatic carbocycles. The summed E-state index contributed by atoms with van der Waals surface area (Å²) >= 11 is 0. The van der Waals surface area contributed by atoms with Crippen molar-refractivity contribution >= 4 is 16.9 Å². The Morgan fingerprint density at radius 1 is 1.17 bits per heavy atom. The molecule has 4 heterocycles. The fourth-order valence-corrected chi connectivity index (χ4v) is 3.41. The fraction of sp³-hybridized carbons (Fsp3) is 0.412. The van der Waals surface area contributed by atoms with E-state index in [1.807, 2.05) is 18.3 Å². The van der Waals surface area contributed by atoms with Crippen molar-refractivity contribution in [1.29, 1.82) is 0 Å². The van der Waals surface area contributed by atoms with Crippen LogP contribution < -0.4 is 10.5 Å². The van der Waals surface area contributed by atoms with Crippen LogP contribution >= 0.6 is 0 Å². The van der Waals surface area contributed by atoms with Gasteiger partial charge in [-0.25, -0.2) is 14.6 Å². The van der Waals surface area contributed by atoms with Gasteiger partial charge in [-0.15, -0.1) is 0 Å². The minimum absolute atomic E-state index is 0.00656. The molecular formula is C17H18N6O. The van der Waals surface area contributed by atoms with Gasteiger partial charge in [-0.05, 0) is 25.0 Å². The second-order valence-electron chi connectivity index (χ2n) is 6.76. The number of nitrogens with zero attached hydrogens (tertiary/aromatic N) is 5. The number of aromatic amines is 1. The van der Waals surface area contributed by atoms with Crippen molar-refractivity contribution in [3.8, 4) is 0 Å². The van der Waals surface area contributed by atoms with Gasteiger partial charge in [0.05, 0.1) is 17.6 Å². The molecule has 1 saturated heterocycles. The van der Waals surface area contributed by atoms with E-state index in [1.165, 1.54) is 12.8 Å². The van der Waals surface area contributed by atoms with Crippen molar-refractivity contribution in [2.75, 3.05) is 18.0 Å². The minimum atomic E-state index is -0.00656. The van der Waals surface area contributed by atoms with Crippen LogP contribution in [0, 0.1) is 5.92 Å². The number of anilines is 1. The lowest BCUT2D eigenvalue weighted by Gasteiger charge is -2.40. The summed E-state index contributed by atoms with van der Waals surface area (Å²) in [6, 6.07) is 5.54. The molecule has 7 heteroatoms. The maximum absolute atomic E-state index is 12.0. The molecule has 7 nitrogen and oxygen atoms in total. The number of H-pyrrole nitrogens is 1. The normalized spacial score (nSPS) is 18.1. The van der Waals surface area contributed by atoms with Gasteiger partial charge in [0.15, 0.2) is 0 Å². The average molecular weight is 322 g/mol. The van der Waals surface area contributed by atoms with Gasteiger partial charge in [0.25, 0.3) is 5.56 Å². The van der Waals surface area contributed by atoms with Crippen molar-refractivity contribution in [3.05, 3.63) is 46.8 Å². The Morgan fingerprint density at radius 3 is 2.88 bits per heavy atom. The lowest BCUT2D eigenvalue weighted by atomic mass is 10.00. The molecule has 0 radical (unpaired) electrons. The zero-order chi connectivity index (χ0) is 16.1. The van der Waals surface area contributed by atoms with Crippen molar-refractivity contribution < 1.29 is 0 Å². The molecule has 2 aliphatic rings. The Morgan fingerprint density at radius 2 is 2.04 bits per heavy atom. The standard InChI is InChI=1S/C17H18N6O/c24-15-4-3-14(12-1-2-12)21-23(15)9-11-7-22(8-11)17-13-5-6-18-16(13)19-10-20-17/h3-6,10-12H,1-2,7-9H2,(H,18,19,20). The predicted octanol–water partition coefficient (Wildman–Crippen LogP) is 1.53. The molecular weight excluding hydrogens is 304 g/mol. The third-order valence-electron chi connectivity index (χ3n) is 4.90. The third kappa shape index (κ3) is 2.28. The first-order chi connectivity index (χ1) is 11.8. The van der Waals surface area contributed by atoms with Crippen LogP contribution in [0.5, 0.6) is 0 Å². The Labute approximate surface area is 138 Å². The molecule has 24 heavy (non-hydrogen) atoms. The number of hydrogen-bond acceptors (Lipinski definition) is 5. The monoisotopic (exact) mass is 322 g/mol. The number of hydrogen-bond donors (Lipinski definition) is 1. The summed E-state index contributed by atoms with van der Waals surface area (Å²) in [5.41, 5.74) is 1.92. The zero-order valence-electron chi connectivity index (χ0n) is 13.2. The molecule has 2 fully saturated rings. The SMILES string of the molecule is O=c1ccc(C2CC2)nn1CC1CN(c2ncnc3[nH]ccc23)C1. The molecule has 0 amide bonds. The van der Waals surface area contributed by atoms with Gasteiger partial charge in [-0.1, -0.05) is 0 Å². The van der Waals surface area contributed by atoms with Gasteiger partial charge in [-0.3, -0.25) is 4.79 Å². The van der Waals surface area contributed by atoms with Crippen LogP contribution in [0.25, 0.3) is 11.0 Å².